The van der Waals surface area contributed by atoms with Gasteiger partial charge in [0.1, 0.15) is 36.3 Å². The number of hydrogen-bond acceptors (Lipinski definition) is 11. The molecular formula is C40H53N7O6. The fourth-order valence-electron chi connectivity index (χ4n) is 8.81. The molecule has 284 valence electrons. The van der Waals surface area contributed by atoms with Gasteiger partial charge in [-0.2, -0.15) is 0 Å². The number of rotatable bonds is 7. The Bertz CT molecular complexity index is 1800. The van der Waals surface area contributed by atoms with Crippen LogP contribution in [-0.2, 0) is 20.7 Å². The molecule has 7 rings (SSSR count). The molecule has 2 unspecified atom stereocenters. The molecule has 53 heavy (non-hydrogen) atoms. The lowest BCUT2D eigenvalue weighted by Gasteiger charge is -2.36. The van der Waals surface area contributed by atoms with Gasteiger partial charge < -0.3 is 29.7 Å². The molecule has 0 radical (unpaired) electrons. The van der Waals surface area contributed by atoms with Gasteiger partial charge in [0.25, 0.3) is 0 Å². The summed E-state index contributed by atoms with van der Waals surface area (Å²) >= 11 is 0. The number of aryl methyl sites for hydroxylation is 1. The van der Waals surface area contributed by atoms with Crippen LogP contribution in [0.25, 0.3) is 11.0 Å². The fourth-order valence-corrected chi connectivity index (χ4v) is 8.81. The van der Waals surface area contributed by atoms with Crippen LogP contribution in [0.1, 0.15) is 85.3 Å². The summed E-state index contributed by atoms with van der Waals surface area (Å²) in [5.74, 6) is 2.45. The van der Waals surface area contributed by atoms with Crippen molar-refractivity contribution in [1.29, 1.82) is 0 Å². The summed E-state index contributed by atoms with van der Waals surface area (Å²) in [6.45, 7) is 10.4. The van der Waals surface area contributed by atoms with Gasteiger partial charge in [-0.05, 0) is 86.8 Å². The summed E-state index contributed by atoms with van der Waals surface area (Å²) in [4.78, 5) is 61.3. The largest absolute Gasteiger partial charge is 0.492 e. The molecule has 2 aliphatic carbocycles. The summed E-state index contributed by atoms with van der Waals surface area (Å²) in [6.07, 6.45) is 9.45. The summed E-state index contributed by atoms with van der Waals surface area (Å²) in [5, 5.41) is 6.09. The summed E-state index contributed by atoms with van der Waals surface area (Å²) in [7, 11) is 0. The second-order valence-electron chi connectivity index (χ2n) is 16.3. The summed E-state index contributed by atoms with van der Waals surface area (Å²) in [6, 6.07) is 5.83. The highest BCUT2D eigenvalue weighted by Crippen LogP contribution is 2.57. The predicted molar refractivity (Wildman–Crippen MR) is 198 cm³/mol. The van der Waals surface area contributed by atoms with Gasteiger partial charge in [-0.1, -0.05) is 40.5 Å². The lowest BCUT2D eigenvalue weighted by Crippen LogP contribution is -2.57. The van der Waals surface area contributed by atoms with Crippen molar-refractivity contribution in [3.8, 4) is 11.6 Å². The van der Waals surface area contributed by atoms with E-state index in [0.29, 0.717) is 66.8 Å². The first-order valence-electron chi connectivity index (χ1n) is 19.4. The van der Waals surface area contributed by atoms with E-state index in [9.17, 15) is 14.4 Å². The number of ketones is 1. The van der Waals surface area contributed by atoms with Crippen molar-refractivity contribution in [2.45, 2.75) is 110 Å². The zero-order valence-electron chi connectivity index (χ0n) is 31.5. The van der Waals surface area contributed by atoms with Gasteiger partial charge in [-0.25, -0.2) is 24.7 Å². The van der Waals surface area contributed by atoms with Crippen molar-refractivity contribution in [2.75, 3.05) is 25.0 Å². The standard InChI is InChI=1S/C40H53N7O6/c1-6-26-33-22-47(34(26)23(2)48)37(49)35(40(3,4)5)46-39(50)53-32-20-24-19-28(24)27(32)11-8-7-9-12-30-36(52-33)45-31-21-25(13-14-29(31)44-30)51-18-17-43-38-41-15-10-16-42-38/h10,13-16,21,24,26-28,32-35H,6-9,11-12,17-20,22H2,1-5H3,(H,46,50)(H,41,42,43)/t24?,26-,27-,28?,32-,33+,34-,35-/m1/s1. The maximum absolute atomic E-state index is 14.5. The fraction of sp³-hybridized carbons (Fsp3) is 0.625. The number of carbonyl (C=O) groups excluding carboxylic acids is 3. The number of aromatic nitrogens is 4. The SMILES string of the molecule is CC[C@@H]1[C@@H]2CN(C(=O)[C@H](C(C)(C)C)NC(=O)O[C@@H]3CC4CC4[C@H]3CCCCCc3nc4ccc(OCCNc5ncccn5)cc4nc3O2)[C@@H]1C(C)=O. The maximum atomic E-state index is 14.5. The van der Waals surface area contributed by atoms with Crippen LogP contribution in [0.4, 0.5) is 10.7 Å². The van der Waals surface area contributed by atoms with E-state index in [2.05, 4.69) is 20.6 Å². The first kappa shape index (κ1) is 36.8. The molecular weight excluding hydrogens is 674 g/mol. The third-order valence-corrected chi connectivity index (χ3v) is 11.5. The van der Waals surface area contributed by atoms with Crippen LogP contribution in [0.5, 0.6) is 11.6 Å². The van der Waals surface area contributed by atoms with Crippen molar-refractivity contribution < 1.29 is 28.6 Å². The Kier molecular flexibility index (Phi) is 10.7. The Labute approximate surface area is 311 Å². The maximum Gasteiger partial charge on any atom is 0.408 e. The molecule has 2 saturated carbocycles. The quantitative estimate of drug-likeness (QED) is 0.285. The van der Waals surface area contributed by atoms with Crippen molar-refractivity contribution in [3.05, 3.63) is 42.4 Å². The highest BCUT2D eigenvalue weighted by molar-refractivity contribution is 5.92. The minimum absolute atomic E-state index is 0.120. The molecule has 2 aliphatic heterocycles. The van der Waals surface area contributed by atoms with Gasteiger partial charge >= 0.3 is 6.09 Å². The van der Waals surface area contributed by atoms with Gasteiger partial charge in [-0.3, -0.25) is 9.59 Å². The molecule has 0 spiro atoms. The number of amides is 2. The molecule has 1 saturated heterocycles. The molecule has 3 fully saturated rings. The second kappa shape index (κ2) is 15.4. The summed E-state index contributed by atoms with van der Waals surface area (Å²) < 4.78 is 18.9. The molecule has 13 heteroatoms. The van der Waals surface area contributed by atoms with Crippen LogP contribution in [0.2, 0.25) is 0 Å². The zero-order valence-corrected chi connectivity index (χ0v) is 31.5. The van der Waals surface area contributed by atoms with E-state index in [0.717, 1.165) is 43.3 Å². The number of hydrogen-bond donors (Lipinski definition) is 2. The van der Waals surface area contributed by atoms with Gasteiger partial charge in [0.05, 0.1) is 30.2 Å². The highest BCUT2D eigenvalue weighted by atomic mass is 16.6. The Morgan fingerprint density at radius 3 is 2.58 bits per heavy atom. The minimum Gasteiger partial charge on any atom is -0.492 e. The van der Waals surface area contributed by atoms with E-state index >= 15 is 0 Å². The molecule has 8 atom stereocenters. The Hall–Kier alpha value is -4.55. The average Bonchev–Trinajstić information content (AvgIpc) is 3.66. The third kappa shape index (κ3) is 8.18. The number of nitrogens with zero attached hydrogens (tertiary/aromatic N) is 5. The van der Waals surface area contributed by atoms with Crippen LogP contribution in [0, 0.1) is 29.1 Å². The molecule has 2 bridgehead atoms. The monoisotopic (exact) mass is 727 g/mol. The Morgan fingerprint density at radius 2 is 1.83 bits per heavy atom. The van der Waals surface area contributed by atoms with Crippen LogP contribution in [-0.4, -0.2) is 86.6 Å². The number of Topliss-reactive ketones (excluding diaryl/α,β-unsaturated/α-hetero) is 1. The lowest BCUT2D eigenvalue weighted by molar-refractivity contribution is -0.141. The first-order valence-corrected chi connectivity index (χ1v) is 19.4. The molecule has 3 aromatic rings. The topological polar surface area (TPSA) is 158 Å². The smallest absolute Gasteiger partial charge is 0.408 e. The minimum atomic E-state index is -0.897. The molecule has 4 aliphatic rings. The average molecular weight is 728 g/mol. The van der Waals surface area contributed by atoms with E-state index in [-0.39, 0.29) is 30.3 Å². The number of carbonyl (C=O) groups is 3. The summed E-state index contributed by atoms with van der Waals surface area (Å²) in [5.41, 5.74) is 1.50. The van der Waals surface area contributed by atoms with E-state index in [4.69, 9.17) is 24.2 Å². The number of anilines is 1. The molecule has 2 N–H and O–H groups in total. The molecule has 1 aromatic carbocycles. The van der Waals surface area contributed by atoms with Crippen LogP contribution in [0.3, 0.4) is 0 Å². The number of alkyl carbamates (subject to hydrolysis) is 1. The van der Waals surface area contributed by atoms with Crippen LogP contribution < -0.4 is 20.1 Å². The number of fused-ring (bicyclic) bond motifs is 7. The number of benzene rings is 1. The second-order valence-corrected chi connectivity index (χ2v) is 16.3. The van der Waals surface area contributed by atoms with Crippen LogP contribution in [0.15, 0.2) is 36.7 Å². The van der Waals surface area contributed by atoms with Crippen molar-refractivity contribution in [2.24, 2.45) is 29.1 Å². The highest BCUT2D eigenvalue weighted by Gasteiger charge is 2.55. The molecule has 2 amide bonds. The van der Waals surface area contributed by atoms with Crippen LogP contribution >= 0.6 is 0 Å². The normalized spacial score (nSPS) is 29.0. The molecule has 4 heterocycles. The van der Waals surface area contributed by atoms with E-state index < -0.39 is 29.7 Å². The third-order valence-electron chi connectivity index (χ3n) is 11.5. The first-order chi connectivity index (χ1) is 25.5. The van der Waals surface area contributed by atoms with E-state index in [1.54, 1.807) is 23.4 Å². The van der Waals surface area contributed by atoms with Crippen molar-refractivity contribution in [3.63, 3.8) is 0 Å². The zero-order chi connectivity index (χ0) is 37.3. The molecule has 2 aromatic heterocycles. The number of ether oxygens (including phenoxy) is 3. The van der Waals surface area contributed by atoms with Crippen molar-refractivity contribution >= 4 is 34.8 Å². The van der Waals surface area contributed by atoms with Gasteiger partial charge in [0.2, 0.25) is 17.7 Å². The molecule has 13 nitrogen and oxygen atoms in total. The van der Waals surface area contributed by atoms with E-state index in [1.807, 2.05) is 45.9 Å². The van der Waals surface area contributed by atoms with Gasteiger partial charge in [-0.15, -0.1) is 0 Å². The van der Waals surface area contributed by atoms with Gasteiger partial charge in [0.15, 0.2) is 5.78 Å². The predicted octanol–water partition coefficient (Wildman–Crippen LogP) is 5.77. The lowest BCUT2D eigenvalue weighted by atomic mass is 9.85. The van der Waals surface area contributed by atoms with Gasteiger partial charge in [0, 0.05) is 24.4 Å². The van der Waals surface area contributed by atoms with E-state index in [1.165, 1.54) is 13.3 Å². The number of nitrogens with one attached hydrogen (secondary N) is 2. The Morgan fingerprint density at radius 1 is 1.02 bits per heavy atom. The van der Waals surface area contributed by atoms with Crippen molar-refractivity contribution in [1.82, 2.24) is 30.2 Å². The Balaban J connectivity index is 1.18.